The Hall–Kier alpha value is -0.710. The SMILES string of the molecule is FC(F)(F)c1ccc(CS)nc1. The van der Waals surface area contributed by atoms with Crippen LogP contribution in [0.1, 0.15) is 11.3 Å². The highest BCUT2D eigenvalue weighted by Crippen LogP contribution is 2.28. The van der Waals surface area contributed by atoms with Crippen molar-refractivity contribution in [2.24, 2.45) is 0 Å². The second-order valence-electron chi connectivity index (χ2n) is 2.19. The van der Waals surface area contributed by atoms with E-state index in [1.165, 1.54) is 6.07 Å². The van der Waals surface area contributed by atoms with Gasteiger partial charge in [0.15, 0.2) is 0 Å². The van der Waals surface area contributed by atoms with E-state index >= 15 is 0 Å². The number of thiol groups is 1. The fourth-order valence-electron chi connectivity index (χ4n) is 0.686. The number of hydrogen-bond donors (Lipinski definition) is 1. The molecule has 0 aliphatic carbocycles. The van der Waals surface area contributed by atoms with Crippen molar-refractivity contribution in [2.45, 2.75) is 11.9 Å². The fraction of sp³-hybridized carbons (Fsp3) is 0.286. The van der Waals surface area contributed by atoms with E-state index in [0.717, 1.165) is 12.3 Å². The van der Waals surface area contributed by atoms with Crippen LogP contribution in [0.15, 0.2) is 18.3 Å². The van der Waals surface area contributed by atoms with Crippen LogP contribution in [-0.2, 0) is 11.9 Å². The number of aromatic nitrogens is 1. The van der Waals surface area contributed by atoms with E-state index in [-0.39, 0.29) is 0 Å². The summed E-state index contributed by atoms with van der Waals surface area (Å²) in [5, 5.41) is 0. The number of nitrogens with zero attached hydrogens (tertiary/aromatic N) is 1. The largest absolute Gasteiger partial charge is 0.417 e. The first-order valence-electron chi connectivity index (χ1n) is 3.17. The van der Waals surface area contributed by atoms with Crippen LogP contribution in [0.5, 0.6) is 0 Å². The molecule has 5 heteroatoms. The quantitative estimate of drug-likeness (QED) is 0.676. The maximum atomic E-state index is 12.0. The molecule has 0 saturated heterocycles. The van der Waals surface area contributed by atoms with Gasteiger partial charge in [-0.05, 0) is 12.1 Å². The van der Waals surface area contributed by atoms with Gasteiger partial charge in [0, 0.05) is 17.6 Å². The molecule has 0 aliphatic rings. The lowest BCUT2D eigenvalue weighted by Gasteiger charge is -2.05. The first-order valence-corrected chi connectivity index (χ1v) is 3.80. The molecule has 0 unspecified atom stereocenters. The van der Waals surface area contributed by atoms with Crippen molar-refractivity contribution >= 4 is 12.6 Å². The smallest absolute Gasteiger partial charge is 0.260 e. The van der Waals surface area contributed by atoms with Gasteiger partial charge in [0.2, 0.25) is 0 Å². The monoisotopic (exact) mass is 193 g/mol. The highest BCUT2D eigenvalue weighted by Gasteiger charge is 2.30. The van der Waals surface area contributed by atoms with Gasteiger partial charge in [0.25, 0.3) is 0 Å². The van der Waals surface area contributed by atoms with Crippen LogP contribution in [0.2, 0.25) is 0 Å². The molecular weight excluding hydrogens is 187 g/mol. The van der Waals surface area contributed by atoms with Crippen LogP contribution in [-0.4, -0.2) is 4.98 Å². The summed E-state index contributed by atoms with van der Waals surface area (Å²) in [5.74, 6) is 0.345. The fourth-order valence-corrected chi connectivity index (χ4v) is 0.873. The summed E-state index contributed by atoms with van der Waals surface area (Å²) in [6, 6.07) is 2.31. The Morgan fingerprint density at radius 1 is 1.33 bits per heavy atom. The van der Waals surface area contributed by atoms with Gasteiger partial charge in [-0.15, -0.1) is 0 Å². The average Bonchev–Trinajstić information content (AvgIpc) is 2.03. The van der Waals surface area contributed by atoms with Gasteiger partial charge in [-0.1, -0.05) is 0 Å². The van der Waals surface area contributed by atoms with E-state index in [0.29, 0.717) is 11.4 Å². The maximum Gasteiger partial charge on any atom is 0.417 e. The molecule has 1 aromatic rings. The van der Waals surface area contributed by atoms with Crippen molar-refractivity contribution in [1.29, 1.82) is 0 Å². The van der Waals surface area contributed by atoms with Crippen LogP contribution >= 0.6 is 12.6 Å². The molecule has 0 aliphatic heterocycles. The molecule has 0 aromatic carbocycles. The summed E-state index contributed by atoms with van der Waals surface area (Å²) in [5.41, 5.74) is -0.195. The molecule has 1 heterocycles. The zero-order valence-electron chi connectivity index (χ0n) is 5.97. The van der Waals surface area contributed by atoms with E-state index < -0.39 is 11.7 Å². The van der Waals surface area contributed by atoms with Gasteiger partial charge < -0.3 is 0 Å². The molecule has 1 nitrogen and oxygen atoms in total. The lowest BCUT2D eigenvalue weighted by molar-refractivity contribution is -0.137. The number of halogens is 3. The first kappa shape index (κ1) is 9.38. The molecule has 0 radical (unpaired) electrons. The van der Waals surface area contributed by atoms with Crippen LogP contribution < -0.4 is 0 Å². The van der Waals surface area contributed by atoms with Crippen molar-refractivity contribution in [1.82, 2.24) is 4.98 Å². The summed E-state index contributed by atoms with van der Waals surface area (Å²) < 4.78 is 35.9. The summed E-state index contributed by atoms with van der Waals surface area (Å²) in [4.78, 5) is 3.57. The van der Waals surface area contributed by atoms with Gasteiger partial charge >= 0.3 is 6.18 Å². The van der Waals surface area contributed by atoms with Crippen LogP contribution in [0, 0.1) is 0 Å². The Kier molecular flexibility index (Phi) is 2.62. The Labute approximate surface area is 73.0 Å². The standard InChI is InChI=1S/C7H6F3NS/c8-7(9,10)5-1-2-6(4-12)11-3-5/h1-3,12H,4H2. The number of rotatable bonds is 1. The van der Waals surface area contributed by atoms with Gasteiger partial charge in [-0.25, -0.2) is 0 Å². The molecule has 66 valence electrons. The van der Waals surface area contributed by atoms with Crippen LogP contribution in [0.3, 0.4) is 0 Å². The Bertz CT molecular complexity index is 254. The van der Waals surface area contributed by atoms with Crippen molar-refractivity contribution in [2.75, 3.05) is 0 Å². The van der Waals surface area contributed by atoms with Crippen molar-refractivity contribution in [3.05, 3.63) is 29.6 Å². The Balaban J connectivity index is 2.93. The summed E-state index contributed by atoms with van der Waals surface area (Å²) in [7, 11) is 0. The van der Waals surface area contributed by atoms with Gasteiger partial charge in [0.05, 0.1) is 5.56 Å². The number of hydrogen-bond acceptors (Lipinski definition) is 2. The average molecular weight is 193 g/mol. The van der Waals surface area contributed by atoms with Gasteiger partial charge in [-0.2, -0.15) is 25.8 Å². The molecule has 0 fully saturated rings. The predicted molar refractivity (Wildman–Crippen MR) is 41.9 cm³/mol. The van der Waals surface area contributed by atoms with E-state index in [1.807, 2.05) is 0 Å². The summed E-state index contributed by atoms with van der Waals surface area (Å²) >= 11 is 3.87. The van der Waals surface area contributed by atoms with Crippen molar-refractivity contribution in [3.63, 3.8) is 0 Å². The second-order valence-corrected chi connectivity index (χ2v) is 2.51. The number of pyridine rings is 1. The number of alkyl halides is 3. The molecule has 0 spiro atoms. The Morgan fingerprint density at radius 3 is 2.33 bits per heavy atom. The van der Waals surface area contributed by atoms with E-state index in [9.17, 15) is 13.2 Å². The lowest BCUT2D eigenvalue weighted by Crippen LogP contribution is -2.05. The molecule has 0 amide bonds. The molecule has 12 heavy (non-hydrogen) atoms. The second kappa shape index (κ2) is 3.35. The molecule has 0 atom stereocenters. The van der Waals surface area contributed by atoms with Crippen molar-refractivity contribution < 1.29 is 13.2 Å². The first-order chi connectivity index (χ1) is 5.54. The predicted octanol–water partition coefficient (Wildman–Crippen LogP) is 2.53. The molecule has 1 rings (SSSR count). The molecule has 0 saturated carbocycles. The molecule has 1 aromatic heterocycles. The third kappa shape index (κ3) is 2.14. The zero-order valence-corrected chi connectivity index (χ0v) is 6.86. The minimum absolute atomic E-state index is 0.345. The third-order valence-corrected chi connectivity index (χ3v) is 1.64. The minimum atomic E-state index is -4.30. The third-order valence-electron chi connectivity index (χ3n) is 1.31. The topological polar surface area (TPSA) is 12.9 Å². The van der Waals surface area contributed by atoms with Gasteiger partial charge in [0.1, 0.15) is 0 Å². The van der Waals surface area contributed by atoms with E-state index in [2.05, 4.69) is 17.6 Å². The normalized spacial score (nSPS) is 11.7. The van der Waals surface area contributed by atoms with Gasteiger partial charge in [-0.3, -0.25) is 4.98 Å². The van der Waals surface area contributed by atoms with Crippen LogP contribution in [0.4, 0.5) is 13.2 Å². The summed E-state index contributed by atoms with van der Waals surface area (Å²) in [6.45, 7) is 0. The maximum absolute atomic E-state index is 12.0. The van der Waals surface area contributed by atoms with Crippen molar-refractivity contribution in [3.8, 4) is 0 Å². The highest BCUT2D eigenvalue weighted by atomic mass is 32.1. The van der Waals surface area contributed by atoms with E-state index in [1.54, 1.807) is 0 Å². The molecular formula is C7H6F3NS. The zero-order chi connectivity index (χ0) is 9.19. The molecule has 0 bridgehead atoms. The summed E-state index contributed by atoms with van der Waals surface area (Å²) in [6.07, 6.45) is -3.49. The Morgan fingerprint density at radius 2 is 2.00 bits per heavy atom. The van der Waals surface area contributed by atoms with E-state index in [4.69, 9.17) is 0 Å². The van der Waals surface area contributed by atoms with Crippen LogP contribution in [0.25, 0.3) is 0 Å². The highest BCUT2D eigenvalue weighted by molar-refractivity contribution is 7.79. The lowest BCUT2D eigenvalue weighted by atomic mass is 10.2. The molecule has 0 N–H and O–H groups in total. The minimum Gasteiger partial charge on any atom is -0.260 e.